The molecule has 0 fully saturated rings. The van der Waals surface area contributed by atoms with Crippen molar-refractivity contribution < 1.29 is 27.9 Å². The molecule has 1 aromatic heterocycles. The van der Waals surface area contributed by atoms with Crippen LogP contribution in [-0.2, 0) is 22.4 Å². The molecule has 1 heterocycles. The zero-order chi connectivity index (χ0) is 18.3. The van der Waals surface area contributed by atoms with Gasteiger partial charge in [0.25, 0.3) is 0 Å². The van der Waals surface area contributed by atoms with Crippen molar-refractivity contribution in [3.63, 3.8) is 0 Å². The van der Waals surface area contributed by atoms with Gasteiger partial charge in [0.2, 0.25) is 0 Å². The first-order valence-electron chi connectivity index (χ1n) is 7.40. The van der Waals surface area contributed by atoms with Gasteiger partial charge in [0.05, 0.1) is 18.4 Å². The highest BCUT2D eigenvalue weighted by molar-refractivity contribution is 6.00. The Morgan fingerprint density at radius 1 is 1.36 bits per heavy atom. The molecule has 25 heavy (non-hydrogen) atoms. The Kier molecular flexibility index (Phi) is 6.15. The summed E-state index contributed by atoms with van der Waals surface area (Å²) in [5.41, 5.74) is -0.240. The minimum atomic E-state index is -4.46. The first kappa shape index (κ1) is 18.5. The molecular weight excluding hydrogens is 339 g/mol. The molecule has 9 heteroatoms. The van der Waals surface area contributed by atoms with Crippen LogP contribution in [0.3, 0.4) is 0 Å². The molecule has 0 spiro atoms. The van der Waals surface area contributed by atoms with Crippen molar-refractivity contribution in [1.82, 2.24) is 9.55 Å². The summed E-state index contributed by atoms with van der Waals surface area (Å²) in [6, 6.07) is 4.78. The molecule has 0 radical (unpaired) electrons. The number of oxime groups is 1. The monoisotopic (exact) mass is 355 g/mol. The third-order valence-electron chi connectivity index (χ3n) is 3.22. The van der Waals surface area contributed by atoms with Gasteiger partial charge in [-0.15, -0.1) is 0 Å². The smallest absolute Gasteiger partial charge is 0.416 e. The maximum absolute atomic E-state index is 12.9. The average Bonchev–Trinajstić information content (AvgIpc) is 3.05. The van der Waals surface area contributed by atoms with Gasteiger partial charge in [0.1, 0.15) is 12.3 Å². The van der Waals surface area contributed by atoms with Gasteiger partial charge in [0.15, 0.2) is 0 Å². The highest BCUT2D eigenvalue weighted by Gasteiger charge is 2.30. The average molecular weight is 355 g/mol. The van der Waals surface area contributed by atoms with Crippen LogP contribution in [-0.4, -0.2) is 32.9 Å². The summed E-state index contributed by atoms with van der Waals surface area (Å²) in [6.07, 6.45) is 0.409. The van der Waals surface area contributed by atoms with E-state index in [-0.39, 0.29) is 37.3 Å². The molecule has 0 saturated heterocycles. The molecule has 2 aromatic rings. The molecule has 0 unspecified atom stereocenters. The molecule has 0 aliphatic carbocycles. The molecule has 1 aromatic carbocycles. The Labute approximate surface area is 141 Å². The van der Waals surface area contributed by atoms with Crippen LogP contribution >= 0.6 is 0 Å². The second-order valence-electron chi connectivity index (χ2n) is 5.18. The van der Waals surface area contributed by atoms with Crippen molar-refractivity contribution in [2.24, 2.45) is 5.16 Å². The van der Waals surface area contributed by atoms with Crippen LogP contribution in [0.2, 0.25) is 0 Å². The van der Waals surface area contributed by atoms with Crippen LogP contribution in [0, 0.1) is 0 Å². The van der Waals surface area contributed by atoms with E-state index in [9.17, 15) is 18.0 Å². The van der Waals surface area contributed by atoms with Crippen molar-refractivity contribution in [2.75, 3.05) is 6.61 Å². The van der Waals surface area contributed by atoms with Crippen molar-refractivity contribution in [3.05, 3.63) is 54.1 Å². The van der Waals surface area contributed by atoms with E-state index in [1.54, 1.807) is 10.8 Å². The summed E-state index contributed by atoms with van der Waals surface area (Å²) in [7, 11) is 0. The minimum absolute atomic E-state index is 0.0543. The van der Waals surface area contributed by atoms with Gasteiger partial charge in [-0.1, -0.05) is 17.3 Å². The first-order chi connectivity index (χ1) is 11.9. The first-order valence-corrected chi connectivity index (χ1v) is 7.40. The number of nitrogens with zero attached hydrogens (tertiary/aromatic N) is 3. The van der Waals surface area contributed by atoms with Crippen LogP contribution in [0.1, 0.15) is 24.0 Å². The zero-order valence-electron chi connectivity index (χ0n) is 13.1. The van der Waals surface area contributed by atoms with Gasteiger partial charge >= 0.3 is 12.1 Å². The Hall–Kier alpha value is -2.84. The molecular formula is C16H16F3N3O3. The van der Waals surface area contributed by atoms with Gasteiger partial charge in [-0.05, 0) is 18.6 Å². The van der Waals surface area contributed by atoms with Crippen molar-refractivity contribution >= 4 is 11.7 Å². The number of carboxylic acids is 1. The van der Waals surface area contributed by atoms with Gasteiger partial charge < -0.3 is 14.5 Å². The Balaban J connectivity index is 2.17. The van der Waals surface area contributed by atoms with E-state index in [4.69, 9.17) is 9.94 Å². The fourth-order valence-corrected chi connectivity index (χ4v) is 2.01. The minimum Gasteiger partial charge on any atom is -0.481 e. The highest BCUT2D eigenvalue weighted by atomic mass is 19.4. The largest absolute Gasteiger partial charge is 0.481 e. The van der Waals surface area contributed by atoms with Gasteiger partial charge in [-0.3, -0.25) is 4.79 Å². The maximum Gasteiger partial charge on any atom is 0.416 e. The predicted octanol–water partition coefficient (Wildman–Crippen LogP) is 3.19. The second kappa shape index (κ2) is 8.32. The second-order valence-corrected chi connectivity index (χ2v) is 5.18. The van der Waals surface area contributed by atoms with Crippen molar-refractivity contribution in [2.45, 2.75) is 25.6 Å². The summed E-state index contributed by atoms with van der Waals surface area (Å²) in [4.78, 5) is 19.4. The highest BCUT2D eigenvalue weighted by Crippen LogP contribution is 2.29. The third kappa shape index (κ3) is 5.94. The number of hydrogen-bond acceptors (Lipinski definition) is 4. The van der Waals surface area contributed by atoms with E-state index >= 15 is 0 Å². The number of carbonyl (C=O) groups is 1. The molecule has 0 saturated carbocycles. The van der Waals surface area contributed by atoms with Crippen LogP contribution < -0.4 is 0 Å². The number of aromatic nitrogens is 2. The third-order valence-corrected chi connectivity index (χ3v) is 3.22. The molecule has 134 valence electrons. The molecule has 1 N–H and O–H groups in total. The standard InChI is InChI=1S/C16H16F3N3O3/c17-16(18,19)13-4-1-3-12(9-13)14(10-22-7-6-20-11-22)21-25-8-2-5-15(23)24/h1,3-4,6-7,9,11H,2,5,8,10H2,(H,23,24)/b21-14-. The number of aliphatic carboxylic acids is 1. The van der Waals surface area contributed by atoms with E-state index < -0.39 is 17.7 Å². The SMILES string of the molecule is O=C(O)CCCO/N=C(/Cn1ccnc1)c1cccc(C(F)(F)F)c1. The number of alkyl halides is 3. The van der Waals surface area contributed by atoms with Gasteiger partial charge in [-0.25, -0.2) is 4.98 Å². The Morgan fingerprint density at radius 2 is 2.16 bits per heavy atom. The van der Waals surface area contributed by atoms with Crippen molar-refractivity contribution in [3.8, 4) is 0 Å². The molecule has 6 nitrogen and oxygen atoms in total. The van der Waals surface area contributed by atoms with Crippen molar-refractivity contribution in [1.29, 1.82) is 0 Å². The molecule has 0 aliphatic heterocycles. The molecule has 0 aliphatic rings. The lowest BCUT2D eigenvalue weighted by molar-refractivity contribution is -0.138. The van der Waals surface area contributed by atoms with E-state index in [0.717, 1.165) is 12.1 Å². The van der Waals surface area contributed by atoms with Gasteiger partial charge in [-0.2, -0.15) is 13.2 Å². The van der Waals surface area contributed by atoms with Crippen LogP contribution in [0.25, 0.3) is 0 Å². The van der Waals surface area contributed by atoms with E-state index in [2.05, 4.69) is 10.1 Å². The fraction of sp³-hybridized carbons (Fsp3) is 0.312. The number of halogens is 3. The van der Waals surface area contributed by atoms with Crippen LogP contribution in [0.5, 0.6) is 0 Å². The number of benzene rings is 1. The lowest BCUT2D eigenvalue weighted by Crippen LogP contribution is -2.13. The zero-order valence-corrected chi connectivity index (χ0v) is 13.1. The number of carboxylic acid groups (broad SMARTS) is 1. The normalized spacial score (nSPS) is 12.2. The predicted molar refractivity (Wildman–Crippen MR) is 83.0 cm³/mol. The van der Waals surface area contributed by atoms with E-state index in [1.807, 2.05) is 0 Å². The Bertz CT molecular complexity index is 728. The maximum atomic E-state index is 12.9. The lowest BCUT2D eigenvalue weighted by Gasteiger charge is -2.11. The molecule has 0 amide bonds. The van der Waals surface area contributed by atoms with Crippen LogP contribution in [0.15, 0.2) is 48.1 Å². The number of hydrogen-bond donors (Lipinski definition) is 1. The summed E-state index contributed by atoms with van der Waals surface area (Å²) in [5, 5.41) is 12.5. The summed E-state index contributed by atoms with van der Waals surface area (Å²) in [6.45, 7) is 0.221. The summed E-state index contributed by atoms with van der Waals surface area (Å²) >= 11 is 0. The summed E-state index contributed by atoms with van der Waals surface area (Å²) < 4.78 is 40.3. The fourth-order valence-electron chi connectivity index (χ4n) is 2.01. The quantitative estimate of drug-likeness (QED) is 0.448. The molecule has 0 bridgehead atoms. The van der Waals surface area contributed by atoms with E-state index in [1.165, 1.54) is 24.7 Å². The van der Waals surface area contributed by atoms with Crippen LogP contribution in [0.4, 0.5) is 13.2 Å². The van der Waals surface area contributed by atoms with Gasteiger partial charge in [0, 0.05) is 24.4 Å². The number of rotatable bonds is 8. The summed E-state index contributed by atoms with van der Waals surface area (Å²) in [5.74, 6) is -0.955. The topological polar surface area (TPSA) is 76.7 Å². The molecule has 2 rings (SSSR count). The lowest BCUT2D eigenvalue weighted by atomic mass is 10.1. The Morgan fingerprint density at radius 3 is 2.80 bits per heavy atom. The number of imidazole rings is 1. The molecule has 0 atom stereocenters. The van der Waals surface area contributed by atoms with E-state index in [0.29, 0.717) is 0 Å².